The zero-order valence-electron chi connectivity index (χ0n) is 12.5. The van der Waals surface area contributed by atoms with Crippen LogP contribution < -0.4 is 10.1 Å². The molecule has 1 amide bonds. The second kappa shape index (κ2) is 6.87. The molecule has 3 rings (SSSR count). The number of hydrogen-bond donors (Lipinski definition) is 1. The van der Waals surface area contributed by atoms with Crippen LogP contribution in [0.5, 0.6) is 5.75 Å². The summed E-state index contributed by atoms with van der Waals surface area (Å²) < 4.78 is 5.53. The highest BCUT2D eigenvalue weighted by Gasteiger charge is 2.27. The minimum atomic E-state index is -0.0118. The summed E-state index contributed by atoms with van der Waals surface area (Å²) in [6, 6.07) is 7.48. The first-order valence-electron chi connectivity index (χ1n) is 7.46. The number of carbonyl (C=O) groups excluding carboxylic acids is 1. The number of hydrogen-bond acceptors (Lipinski definition) is 5. The number of ether oxygens (including phenoxy) is 1. The SMILES string of the molecule is CCCOc1ccc(NC(=O)CC2=CSC3=NCCN23)cc1. The minimum Gasteiger partial charge on any atom is -0.494 e. The number of rotatable bonds is 6. The average molecular weight is 317 g/mol. The second-order valence-electron chi connectivity index (χ2n) is 5.14. The molecule has 0 radical (unpaired) electrons. The van der Waals surface area contributed by atoms with Gasteiger partial charge in [-0.15, -0.1) is 0 Å². The lowest BCUT2D eigenvalue weighted by Gasteiger charge is -2.16. The van der Waals surface area contributed by atoms with Crippen molar-refractivity contribution in [1.82, 2.24) is 4.90 Å². The Balaban J connectivity index is 1.52. The number of carbonyl (C=O) groups is 1. The van der Waals surface area contributed by atoms with Crippen LogP contribution in [0.15, 0.2) is 40.4 Å². The molecule has 2 aliphatic rings. The van der Waals surface area contributed by atoms with Gasteiger partial charge in [-0.2, -0.15) is 0 Å². The molecule has 0 atom stereocenters. The quantitative estimate of drug-likeness (QED) is 0.876. The fourth-order valence-corrected chi connectivity index (χ4v) is 3.29. The highest BCUT2D eigenvalue weighted by molar-refractivity contribution is 8.16. The van der Waals surface area contributed by atoms with Crippen molar-refractivity contribution in [3.63, 3.8) is 0 Å². The first-order chi connectivity index (χ1) is 10.8. The van der Waals surface area contributed by atoms with Gasteiger partial charge in [0.15, 0.2) is 5.17 Å². The van der Waals surface area contributed by atoms with Gasteiger partial charge in [-0.1, -0.05) is 18.7 Å². The van der Waals surface area contributed by atoms with Crippen molar-refractivity contribution in [1.29, 1.82) is 0 Å². The zero-order chi connectivity index (χ0) is 15.4. The molecule has 1 aromatic rings. The number of amidine groups is 1. The third-order valence-corrected chi connectivity index (χ3v) is 4.35. The van der Waals surface area contributed by atoms with Crippen LogP contribution in [0.3, 0.4) is 0 Å². The molecule has 0 spiro atoms. The number of amides is 1. The number of anilines is 1. The lowest BCUT2D eigenvalue weighted by molar-refractivity contribution is -0.115. The van der Waals surface area contributed by atoms with Crippen LogP contribution in [0.1, 0.15) is 19.8 Å². The predicted octanol–water partition coefficient (Wildman–Crippen LogP) is 3.06. The summed E-state index contributed by atoms with van der Waals surface area (Å²) in [5.74, 6) is 0.815. The number of fused-ring (bicyclic) bond motifs is 1. The van der Waals surface area contributed by atoms with Gasteiger partial charge in [-0.25, -0.2) is 0 Å². The van der Waals surface area contributed by atoms with E-state index in [2.05, 4.69) is 22.1 Å². The van der Waals surface area contributed by atoms with Gasteiger partial charge in [0, 0.05) is 17.9 Å². The van der Waals surface area contributed by atoms with Crippen molar-refractivity contribution < 1.29 is 9.53 Å². The van der Waals surface area contributed by atoms with Gasteiger partial charge in [0.25, 0.3) is 0 Å². The van der Waals surface area contributed by atoms with E-state index in [-0.39, 0.29) is 5.91 Å². The number of thioether (sulfide) groups is 1. The first-order valence-corrected chi connectivity index (χ1v) is 8.34. The van der Waals surface area contributed by atoms with Crippen LogP contribution >= 0.6 is 11.8 Å². The van der Waals surface area contributed by atoms with Crippen molar-refractivity contribution in [3.8, 4) is 5.75 Å². The number of benzene rings is 1. The lowest BCUT2D eigenvalue weighted by atomic mass is 10.2. The Morgan fingerprint density at radius 3 is 3.00 bits per heavy atom. The maximum absolute atomic E-state index is 12.2. The van der Waals surface area contributed by atoms with Crippen LogP contribution in [0, 0.1) is 0 Å². The second-order valence-corrected chi connectivity index (χ2v) is 5.98. The molecular formula is C16H19N3O2S. The van der Waals surface area contributed by atoms with E-state index < -0.39 is 0 Å². The van der Waals surface area contributed by atoms with Gasteiger partial charge in [0.2, 0.25) is 5.91 Å². The maximum atomic E-state index is 12.2. The van der Waals surface area contributed by atoms with Crippen molar-refractivity contribution in [2.45, 2.75) is 19.8 Å². The summed E-state index contributed by atoms with van der Waals surface area (Å²) in [6.07, 6.45) is 1.35. The van der Waals surface area contributed by atoms with E-state index in [4.69, 9.17) is 4.74 Å². The van der Waals surface area contributed by atoms with Crippen LogP contribution in [-0.4, -0.2) is 35.7 Å². The standard InChI is InChI=1S/C16H19N3O2S/c1-2-9-21-14-5-3-12(4-6-14)18-15(20)10-13-11-22-16-17-7-8-19(13)16/h3-6,11H,2,7-10H2,1H3,(H,18,20). The Morgan fingerprint density at radius 1 is 1.41 bits per heavy atom. The topological polar surface area (TPSA) is 53.9 Å². The fraction of sp³-hybridized carbons (Fsp3) is 0.375. The third kappa shape index (κ3) is 3.44. The summed E-state index contributed by atoms with van der Waals surface area (Å²) >= 11 is 1.60. The molecule has 1 aromatic carbocycles. The molecule has 0 fully saturated rings. The summed E-state index contributed by atoms with van der Waals surface area (Å²) in [5.41, 5.74) is 1.82. The summed E-state index contributed by atoms with van der Waals surface area (Å²) in [7, 11) is 0. The third-order valence-electron chi connectivity index (χ3n) is 3.40. The summed E-state index contributed by atoms with van der Waals surface area (Å²) in [6.45, 7) is 4.48. The van der Waals surface area contributed by atoms with E-state index in [1.807, 2.05) is 29.7 Å². The molecule has 2 aliphatic heterocycles. The molecule has 22 heavy (non-hydrogen) atoms. The summed E-state index contributed by atoms with van der Waals surface area (Å²) in [5, 5.41) is 5.95. The molecule has 0 saturated carbocycles. The van der Waals surface area contributed by atoms with Crippen LogP contribution in [0.2, 0.25) is 0 Å². The van der Waals surface area contributed by atoms with E-state index >= 15 is 0 Å². The van der Waals surface area contributed by atoms with Crippen LogP contribution in [-0.2, 0) is 4.79 Å². The highest BCUT2D eigenvalue weighted by Crippen LogP contribution is 2.31. The van der Waals surface area contributed by atoms with Crippen LogP contribution in [0.25, 0.3) is 0 Å². The molecule has 0 aliphatic carbocycles. The molecule has 5 nitrogen and oxygen atoms in total. The van der Waals surface area contributed by atoms with Crippen molar-refractivity contribution >= 4 is 28.5 Å². The molecule has 6 heteroatoms. The molecule has 116 valence electrons. The molecule has 0 unspecified atom stereocenters. The van der Waals surface area contributed by atoms with Gasteiger partial charge in [-0.05, 0) is 36.1 Å². The minimum absolute atomic E-state index is 0.0118. The van der Waals surface area contributed by atoms with Crippen molar-refractivity contribution in [3.05, 3.63) is 35.4 Å². The number of nitrogens with zero attached hydrogens (tertiary/aromatic N) is 2. The smallest absolute Gasteiger partial charge is 0.230 e. The zero-order valence-corrected chi connectivity index (χ0v) is 13.4. The van der Waals surface area contributed by atoms with Gasteiger partial charge in [0.1, 0.15) is 5.75 Å². The van der Waals surface area contributed by atoms with Gasteiger partial charge in [0.05, 0.1) is 19.6 Å². The molecule has 1 N–H and O–H groups in total. The molecule has 2 heterocycles. The molecular weight excluding hydrogens is 298 g/mol. The Kier molecular flexibility index (Phi) is 4.68. The highest BCUT2D eigenvalue weighted by atomic mass is 32.2. The predicted molar refractivity (Wildman–Crippen MR) is 90.2 cm³/mol. The largest absolute Gasteiger partial charge is 0.494 e. The molecule has 0 saturated heterocycles. The molecule has 0 bridgehead atoms. The van der Waals surface area contributed by atoms with E-state index in [0.29, 0.717) is 13.0 Å². The Labute approximate surface area is 134 Å². The van der Waals surface area contributed by atoms with Crippen LogP contribution in [0.4, 0.5) is 5.69 Å². The monoisotopic (exact) mass is 317 g/mol. The Bertz CT molecular complexity index is 610. The van der Waals surface area contributed by atoms with E-state index in [1.165, 1.54) is 0 Å². The van der Waals surface area contributed by atoms with E-state index in [1.54, 1.807) is 11.8 Å². The Morgan fingerprint density at radius 2 is 2.23 bits per heavy atom. The van der Waals surface area contributed by atoms with Gasteiger partial charge in [-0.3, -0.25) is 9.79 Å². The average Bonchev–Trinajstić information content (AvgIpc) is 3.12. The van der Waals surface area contributed by atoms with Gasteiger partial charge >= 0.3 is 0 Å². The van der Waals surface area contributed by atoms with Gasteiger partial charge < -0.3 is 15.0 Å². The van der Waals surface area contributed by atoms with E-state index in [0.717, 1.165) is 41.8 Å². The number of nitrogens with one attached hydrogen (secondary N) is 1. The number of aliphatic imine (C=N–C) groups is 1. The van der Waals surface area contributed by atoms with Crippen molar-refractivity contribution in [2.24, 2.45) is 4.99 Å². The summed E-state index contributed by atoms with van der Waals surface area (Å²) in [4.78, 5) is 18.7. The first kappa shape index (κ1) is 15.0. The fourth-order valence-electron chi connectivity index (χ4n) is 2.34. The normalized spacial score (nSPS) is 16.1. The Hall–Kier alpha value is -1.95. The van der Waals surface area contributed by atoms with E-state index in [9.17, 15) is 4.79 Å². The maximum Gasteiger partial charge on any atom is 0.230 e. The molecule has 0 aromatic heterocycles. The lowest BCUT2D eigenvalue weighted by Crippen LogP contribution is -2.24. The van der Waals surface area contributed by atoms with Crippen molar-refractivity contribution in [2.75, 3.05) is 25.0 Å².